The molecule has 0 aromatic heterocycles. The topological polar surface area (TPSA) is 70.7 Å². The molecule has 1 heterocycles. The van der Waals surface area contributed by atoms with Crippen molar-refractivity contribution in [3.05, 3.63) is 48.0 Å². The fraction of sp³-hybridized carbons (Fsp3) is 0.429. The Morgan fingerprint density at radius 1 is 1.26 bits per heavy atom. The predicted octanol–water partition coefficient (Wildman–Crippen LogP) is 3.16. The molecule has 0 bridgehead atoms. The highest BCUT2D eigenvalue weighted by Gasteiger charge is 2.23. The van der Waals surface area contributed by atoms with Gasteiger partial charge in [0.25, 0.3) is 0 Å². The molecule has 0 aliphatic carbocycles. The van der Waals surface area contributed by atoms with Crippen molar-refractivity contribution in [2.45, 2.75) is 25.7 Å². The highest BCUT2D eigenvalue weighted by atomic mass is 127. The molecule has 0 saturated carbocycles. The minimum atomic E-state index is -0.212. The van der Waals surface area contributed by atoms with Crippen LogP contribution in [0.15, 0.2) is 47.5 Å². The molecule has 0 spiro atoms. The molecule has 0 radical (unpaired) electrons. The van der Waals surface area contributed by atoms with E-state index in [1.807, 2.05) is 7.05 Å². The summed E-state index contributed by atoms with van der Waals surface area (Å²) in [7, 11) is 1.82. The smallest absolute Gasteiger partial charge is 0.217 e. The standard InChI is InChI=1S/C21H28N4O.HI/c1-23-21(25-13-5-6-16(15-25)14-20(22)26)24-12-11-18-9-4-8-17-7-2-3-10-19(17)18;/h2-4,7-10,16H,5-6,11-15H2,1H3,(H2,22,26)(H,23,24);1H. The summed E-state index contributed by atoms with van der Waals surface area (Å²) >= 11 is 0. The summed E-state index contributed by atoms with van der Waals surface area (Å²) in [4.78, 5) is 17.9. The van der Waals surface area contributed by atoms with Crippen LogP contribution in [0.4, 0.5) is 0 Å². The molecule has 146 valence electrons. The molecule has 1 unspecified atom stereocenters. The molecule has 1 aliphatic rings. The van der Waals surface area contributed by atoms with Gasteiger partial charge in [0.2, 0.25) is 5.91 Å². The number of piperidine rings is 1. The summed E-state index contributed by atoms with van der Waals surface area (Å²) in [6.07, 6.45) is 3.54. The molecule has 2 aromatic rings. The molecule has 1 saturated heterocycles. The number of primary amides is 1. The second-order valence-electron chi connectivity index (χ2n) is 6.99. The van der Waals surface area contributed by atoms with E-state index in [0.29, 0.717) is 12.3 Å². The summed E-state index contributed by atoms with van der Waals surface area (Å²) < 4.78 is 0. The maximum atomic E-state index is 11.2. The van der Waals surface area contributed by atoms with Crippen LogP contribution in [0.1, 0.15) is 24.8 Å². The van der Waals surface area contributed by atoms with E-state index >= 15 is 0 Å². The van der Waals surface area contributed by atoms with Gasteiger partial charge in [0.1, 0.15) is 0 Å². The number of guanidine groups is 1. The van der Waals surface area contributed by atoms with Crippen molar-refractivity contribution in [3.8, 4) is 0 Å². The molecular weight excluding hydrogens is 451 g/mol. The molecule has 1 amide bonds. The second-order valence-corrected chi connectivity index (χ2v) is 6.99. The van der Waals surface area contributed by atoms with Gasteiger partial charge < -0.3 is 16.0 Å². The van der Waals surface area contributed by atoms with Crippen molar-refractivity contribution in [3.63, 3.8) is 0 Å². The van der Waals surface area contributed by atoms with Gasteiger partial charge in [-0.2, -0.15) is 0 Å². The third-order valence-electron chi connectivity index (χ3n) is 5.08. The van der Waals surface area contributed by atoms with Crippen molar-refractivity contribution >= 4 is 46.6 Å². The number of likely N-dealkylation sites (tertiary alicyclic amines) is 1. The number of rotatable bonds is 5. The summed E-state index contributed by atoms with van der Waals surface area (Å²) in [5.41, 5.74) is 6.71. The van der Waals surface area contributed by atoms with E-state index < -0.39 is 0 Å². The predicted molar refractivity (Wildman–Crippen MR) is 123 cm³/mol. The first kappa shape index (κ1) is 21.5. The van der Waals surface area contributed by atoms with E-state index in [1.54, 1.807) is 0 Å². The molecule has 6 heteroatoms. The Bertz CT molecular complexity index is 787. The lowest BCUT2D eigenvalue weighted by molar-refractivity contribution is -0.119. The zero-order valence-corrected chi connectivity index (χ0v) is 18.2. The van der Waals surface area contributed by atoms with Crippen molar-refractivity contribution in [2.75, 3.05) is 26.7 Å². The van der Waals surface area contributed by atoms with Crippen molar-refractivity contribution in [1.82, 2.24) is 10.2 Å². The molecule has 1 atom stereocenters. The van der Waals surface area contributed by atoms with Gasteiger partial charge in [-0.05, 0) is 41.5 Å². The lowest BCUT2D eigenvalue weighted by Gasteiger charge is -2.34. The first-order valence-corrected chi connectivity index (χ1v) is 9.38. The van der Waals surface area contributed by atoms with Crippen LogP contribution in [-0.2, 0) is 11.2 Å². The van der Waals surface area contributed by atoms with Gasteiger partial charge in [-0.15, -0.1) is 24.0 Å². The van der Waals surface area contributed by atoms with Gasteiger partial charge in [-0.3, -0.25) is 9.79 Å². The lowest BCUT2D eigenvalue weighted by Crippen LogP contribution is -2.47. The summed E-state index contributed by atoms with van der Waals surface area (Å²) in [6, 6.07) is 15.0. The van der Waals surface area contributed by atoms with Crippen molar-refractivity contribution in [2.24, 2.45) is 16.6 Å². The van der Waals surface area contributed by atoms with Crippen LogP contribution in [0.5, 0.6) is 0 Å². The van der Waals surface area contributed by atoms with E-state index in [-0.39, 0.29) is 29.9 Å². The molecule has 1 aliphatic heterocycles. The Balaban J connectivity index is 0.00000261. The van der Waals surface area contributed by atoms with E-state index in [4.69, 9.17) is 5.73 Å². The number of nitrogens with two attached hydrogens (primary N) is 1. The quantitative estimate of drug-likeness (QED) is 0.393. The average molecular weight is 480 g/mol. The Hall–Kier alpha value is -1.83. The van der Waals surface area contributed by atoms with Crippen LogP contribution in [0.2, 0.25) is 0 Å². The number of nitrogens with zero attached hydrogens (tertiary/aromatic N) is 2. The van der Waals surface area contributed by atoms with Gasteiger partial charge in [0, 0.05) is 33.1 Å². The Morgan fingerprint density at radius 3 is 2.81 bits per heavy atom. The number of hydrogen-bond donors (Lipinski definition) is 2. The highest BCUT2D eigenvalue weighted by Crippen LogP contribution is 2.20. The largest absolute Gasteiger partial charge is 0.370 e. The van der Waals surface area contributed by atoms with E-state index in [0.717, 1.165) is 44.9 Å². The molecule has 2 aromatic carbocycles. The second kappa shape index (κ2) is 10.5. The highest BCUT2D eigenvalue weighted by molar-refractivity contribution is 14.0. The van der Waals surface area contributed by atoms with Crippen LogP contribution in [0.25, 0.3) is 10.8 Å². The van der Waals surface area contributed by atoms with E-state index in [2.05, 4.69) is 57.7 Å². The molecular formula is C21H29IN4O. The van der Waals surface area contributed by atoms with Gasteiger partial charge in [-0.25, -0.2) is 0 Å². The minimum Gasteiger partial charge on any atom is -0.370 e. The molecule has 1 fully saturated rings. The number of hydrogen-bond acceptors (Lipinski definition) is 2. The fourth-order valence-corrected chi connectivity index (χ4v) is 3.86. The number of carbonyl (C=O) groups is 1. The van der Waals surface area contributed by atoms with Crippen LogP contribution in [-0.4, -0.2) is 43.4 Å². The molecule has 5 nitrogen and oxygen atoms in total. The third-order valence-corrected chi connectivity index (χ3v) is 5.08. The monoisotopic (exact) mass is 480 g/mol. The summed E-state index contributed by atoms with van der Waals surface area (Å²) in [5, 5.41) is 6.07. The zero-order chi connectivity index (χ0) is 18.4. The molecule has 27 heavy (non-hydrogen) atoms. The number of aliphatic imine (C=N–C) groups is 1. The van der Waals surface area contributed by atoms with Crippen molar-refractivity contribution < 1.29 is 4.79 Å². The zero-order valence-electron chi connectivity index (χ0n) is 15.9. The SMILES string of the molecule is CN=C(NCCc1cccc2ccccc12)N1CCCC(CC(N)=O)C1.I. The van der Waals surface area contributed by atoms with Gasteiger partial charge in [0.05, 0.1) is 0 Å². The number of fused-ring (bicyclic) bond motifs is 1. The van der Waals surface area contributed by atoms with Crippen LogP contribution < -0.4 is 11.1 Å². The first-order valence-electron chi connectivity index (χ1n) is 9.38. The van der Waals surface area contributed by atoms with E-state index in [9.17, 15) is 4.79 Å². The maximum absolute atomic E-state index is 11.2. The Kier molecular flexibility index (Phi) is 8.34. The number of benzene rings is 2. The van der Waals surface area contributed by atoms with Gasteiger partial charge in [-0.1, -0.05) is 42.5 Å². The minimum absolute atomic E-state index is 0. The fourth-order valence-electron chi connectivity index (χ4n) is 3.86. The average Bonchev–Trinajstić information content (AvgIpc) is 2.65. The summed E-state index contributed by atoms with van der Waals surface area (Å²) in [6.45, 7) is 2.65. The number of nitrogens with one attached hydrogen (secondary N) is 1. The third kappa shape index (κ3) is 5.82. The van der Waals surface area contributed by atoms with Crippen molar-refractivity contribution in [1.29, 1.82) is 0 Å². The van der Waals surface area contributed by atoms with Crippen LogP contribution in [0, 0.1) is 5.92 Å². The molecule has 3 N–H and O–H groups in total. The lowest BCUT2D eigenvalue weighted by atomic mass is 9.95. The van der Waals surface area contributed by atoms with Gasteiger partial charge in [0.15, 0.2) is 5.96 Å². The van der Waals surface area contributed by atoms with E-state index in [1.165, 1.54) is 16.3 Å². The normalized spacial score (nSPS) is 17.4. The number of halogens is 1. The van der Waals surface area contributed by atoms with Crippen LogP contribution >= 0.6 is 24.0 Å². The van der Waals surface area contributed by atoms with Crippen LogP contribution in [0.3, 0.4) is 0 Å². The number of amides is 1. The molecule has 3 rings (SSSR count). The maximum Gasteiger partial charge on any atom is 0.217 e. The first-order chi connectivity index (χ1) is 12.7. The summed E-state index contributed by atoms with van der Waals surface area (Å²) in [5.74, 6) is 1.04. The number of carbonyl (C=O) groups excluding carboxylic acids is 1. The Labute approximate surface area is 178 Å². The Morgan fingerprint density at radius 2 is 2.04 bits per heavy atom. The van der Waals surface area contributed by atoms with Gasteiger partial charge >= 0.3 is 0 Å².